The number of rotatable bonds is 2. The van der Waals surface area contributed by atoms with Gasteiger partial charge in [-0.25, -0.2) is 4.79 Å². The van der Waals surface area contributed by atoms with Crippen LogP contribution in [0, 0.1) is 0 Å². The number of para-hydroxylation sites is 1. The molecule has 2 rings (SSSR count). The molecule has 16 heavy (non-hydrogen) atoms. The molecule has 1 aromatic heterocycles. The Balaban J connectivity index is 2.59. The normalized spacial score (nSPS) is 11.1. The van der Waals surface area contributed by atoms with Crippen LogP contribution < -0.4 is 5.63 Å². The molecule has 0 saturated heterocycles. The predicted octanol–water partition coefficient (Wildman–Crippen LogP) is 2.57. The summed E-state index contributed by atoms with van der Waals surface area (Å²) in [6.45, 7) is 0. The third-order valence-electron chi connectivity index (χ3n) is 2.06. The first-order valence-corrected chi connectivity index (χ1v) is 4.95. The number of benzene rings is 1. The molecule has 1 heterocycles. The second-order valence-electron chi connectivity index (χ2n) is 3.16. The summed E-state index contributed by atoms with van der Waals surface area (Å²) >= 11 is 5.14. The number of allylic oxidation sites excluding steroid dienone is 1. The molecule has 0 bridgehead atoms. The fraction of sp³-hybridized carbons (Fsp3) is 0. The van der Waals surface area contributed by atoms with E-state index in [0.29, 0.717) is 11.1 Å². The summed E-state index contributed by atoms with van der Waals surface area (Å²) in [7, 11) is 0. The Bertz CT molecular complexity index is 625. The van der Waals surface area contributed by atoms with Crippen LogP contribution in [-0.2, 0) is 4.79 Å². The Hall–Kier alpha value is -1.87. The lowest BCUT2D eigenvalue weighted by Crippen LogP contribution is -2.02. The van der Waals surface area contributed by atoms with Crippen molar-refractivity contribution in [3.05, 3.63) is 52.4 Å². The van der Waals surface area contributed by atoms with E-state index in [9.17, 15) is 9.59 Å². The van der Waals surface area contributed by atoms with Gasteiger partial charge in [-0.1, -0.05) is 18.2 Å². The monoisotopic (exact) mass is 234 g/mol. The fourth-order valence-corrected chi connectivity index (χ4v) is 1.41. The maximum atomic E-state index is 11.5. The lowest BCUT2D eigenvalue weighted by atomic mass is 10.2. The van der Waals surface area contributed by atoms with Crippen molar-refractivity contribution in [1.82, 2.24) is 0 Å². The van der Waals surface area contributed by atoms with Crippen LogP contribution in [-0.4, -0.2) is 5.24 Å². The molecule has 80 valence electrons. The molecule has 0 fully saturated rings. The second kappa shape index (κ2) is 4.33. The van der Waals surface area contributed by atoms with Crippen molar-refractivity contribution in [1.29, 1.82) is 0 Å². The molecule has 4 heteroatoms. The Morgan fingerprint density at radius 1 is 1.31 bits per heavy atom. The number of hydrogen-bond acceptors (Lipinski definition) is 3. The van der Waals surface area contributed by atoms with E-state index < -0.39 is 10.9 Å². The SMILES string of the molecule is O=C(Cl)C=Cc1cc2ccccc2oc1=O. The van der Waals surface area contributed by atoms with E-state index in [0.717, 1.165) is 11.5 Å². The number of fused-ring (bicyclic) bond motifs is 1. The molecule has 0 aliphatic heterocycles. The summed E-state index contributed by atoms with van der Waals surface area (Å²) < 4.78 is 5.06. The van der Waals surface area contributed by atoms with E-state index in [4.69, 9.17) is 16.0 Å². The van der Waals surface area contributed by atoms with Gasteiger partial charge in [0.2, 0.25) is 5.24 Å². The zero-order valence-electron chi connectivity index (χ0n) is 8.14. The molecule has 0 saturated carbocycles. The zero-order valence-corrected chi connectivity index (χ0v) is 8.90. The van der Waals surface area contributed by atoms with Crippen LogP contribution >= 0.6 is 11.6 Å². The Morgan fingerprint density at radius 2 is 2.06 bits per heavy atom. The maximum Gasteiger partial charge on any atom is 0.343 e. The van der Waals surface area contributed by atoms with Crippen LogP contribution in [0.25, 0.3) is 17.0 Å². The van der Waals surface area contributed by atoms with E-state index in [1.807, 2.05) is 12.1 Å². The second-order valence-corrected chi connectivity index (χ2v) is 3.54. The third kappa shape index (κ3) is 2.20. The Labute approximate surface area is 95.9 Å². The summed E-state index contributed by atoms with van der Waals surface area (Å²) in [5.74, 6) is 0. The van der Waals surface area contributed by atoms with Crippen molar-refractivity contribution >= 4 is 33.9 Å². The first-order valence-electron chi connectivity index (χ1n) is 4.57. The van der Waals surface area contributed by atoms with Gasteiger partial charge in [-0.05, 0) is 35.9 Å². The highest BCUT2D eigenvalue weighted by atomic mass is 35.5. The summed E-state index contributed by atoms with van der Waals surface area (Å²) in [4.78, 5) is 22.0. The molecule has 0 amide bonds. The van der Waals surface area contributed by atoms with Crippen molar-refractivity contribution in [3.8, 4) is 0 Å². The van der Waals surface area contributed by atoms with Crippen LogP contribution in [0.15, 0.2) is 45.6 Å². The van der Waals surface area contributed by atoms with Gasteiger partial charge in [-0.15, -0.1) is 0 Å². The van der Waals surface area contributed by atoms with Crippen molar-refractivity contribution < 1.29 is 9.21 Å². The van der Waals surface area contributed by atoms with Crippen LogP contribution in [0.3, 0.4) is 0 Å². The van der Waals surface area contributed by atoms with Gasteiger partial charge in [0.05, 0.1) is 5.56 Å². The third-order valence-corrected chi connectivity index (χ3v) is 2.19. The highest BCUT2D eigenvalue weighted by Crippen LogP contribution is 2.13. The molecule has 0 spiro atoms. The quantitative estimate of drug-likeness (QED) is 0.456. The van der Waals surface area contributed by atoms with Crippen LogP contribution in [0.2, 0.25) is 0 Å². The lowest BCUT2D eigenvalue weighted by molar-refractivity contribution is -0.107. The van der Waals surface area contributed by atoms with E-state index in [2.05, 4.69) is 0 Å². The highest BCUT2D eigenvalue weighted by Gasteiger charge is 2.01. The van der Waals surface area contributed by atoms with Gasteiger partial charge in [0.1, 0.15) is 5.58 Å². The van der Waals surface area contributed by atoms with Gasteiger partial charge >= 0.3 is 5.63 Å². The molecule has 0 aliphatic carbocycles. The zero-order chi connectivity index (χ0) is 11.5. The number of carbonyl (C=O) groups excluding carboxylic acids is 1. The molecule has 0 radical (unpaired) electrons. The van der Waals surface area contributed by atoms with Crippen LogP contribution in [0.5, 0.6) is 0 Å². The first-order chi connectivity index (χ1) is 7.66. The lowest BCUT2D eigenvalue weighted by Gasteiger charge is -1.96. The van der Waals surface area contributed by atoms with Crippen LogP contribution in [0.4, 0.5) is 0 Å². The summed E-state index contributed by atoms with van der Waals surface area (Å²) in [6, 6.07) is 8.79. The smallest absolute Gasteiger partial charge is 0.343 e. The van der Waals surface area contributed by atoms with Gasteiger partial charge in [-0.3, -0.25) is 4.79 Å². The molecule has 0 unspecified atom stereocenters. The minimum atomic E-state index is -0.632. The average molecular weight is 235 g/mol. The van der Waals surface area contributed by atoms with E-state index in [1.54, 1.807) is 18.2 Å². The maximum absolute atomic E-state index is 11.5. The summed E-state index contributed by atoms with van der Waals surface area (Å²) in [6.07, 6.45) is 2.45. The predicted molar refractivity (Wildman–Crippen MR) is 62.4 cm³/mol. The number of hydrogen-bond donors (Lipinski definition) is 0. The molecule has 3 nitrogen and oxygen atoms in total. The minimum absolute atomic E-state index is 0.299. The fourth-order valence-electron chi connectivity index (χ4n) is 1.35. The molecular weight excluding hydrogens is 228 g/mol. The summed E-state index contributed by atoms with van der Waals surface area (Å²) in [5.41, 5.74) is 0.322. The van der Waals surface area contributed by atoms with Crippen molar-refractivity contribution in [2.24, 2.45) is 0 Å². The average Bonchev–Trinajstić information content (AvgIpc) is 2.26. The Kier molecular flexibility index (Phi) is 2.88. The number of carbonyl (C=O) groups is 1. The minimum Gasteiger partial charge on any atom is -0.422 e. The molecular formula is C12H7ClO3. The van der Waals surface area contributed by atoms with Crippen LogP contribution in [0.1, 0.15) is 5.56 Å². The first kappa shape index (κ1) is 10.6. The highest BCUT2D eigenvalue weighted by molar-refractivity contribution is 6.66. The van der Waals surface area contributed by atoms with E-state index in [1.165, 1.54) is 6.08 Å². The molecule has 0 atom stereocenters. The van der Waals surface area contributed by atoms with E-state index in [-0.39, 0.29) is 0 Å². The summed E-state index contributed by atoms with van der Waals surface area (Å²) in [5, 5.41) is 0.163. The molecule has 2 aromatic rings. The van der Waals surface area contributed by atoms with Gasteiger partial charge in [0.15, 0.2) is 0 Å². The van der Waals surface area contributed by atoms with Gasteiger partial charge in [0, 0.05) is 5.39 Å². The number of halogens is 1. The van der Waals surface area contributed by atoms with Crippen molar-refractivity contribution in [3.63, 3.8) is 0 Å². The van der Waals surface area contributed by atoms with Crippen molar-refractivity contribution in [2.75, 3.05) is 0 Å². The standard InChI is InChI=1S/C12H7ClO3/c13-11(14)6-5-9-7-8-3-1-2-4-10(8)16-12(9)15/h1-7H. The largest absolute Gasteiger partial charge is 0.422 e. The topological polar surface area (TPSA) is 47.3 Å². The van der Waals surface area contributed by atoms with E-state index >= 15 is 0 Å². The molecule has 1 aromatic carbocycles. The Morgan fingerprint density at radius 3 is 2.81 bits per heavy atom. The van der Waals surface area contributed by atoms with Gasteiger partial charge in [0.25, 0.3) is 0 Å². The van der Waals surface area contributed by atoms with Gasteiger partial charge in [-0.2, -0.15) is 0 Å². The molecule has 0 aliphatic rings. The van der Waals surface area contributed by atoms with Crippen molar-refractivity contribution in [2.45, 2.75) is 0 Å². The molecule has 0 N–H and O–H groups in total. The van der Waals surface area contributed by atoms with Gasteiger partial charge < -0.3 is 4.42 Å².